The van der Waals surface area contributed by atoms with E-state index in [1.807, 2.05) is 6.92 Å². The summed E-state index contributed by atoms with van der Waals surface area (Å²) in [5, 5.41) is 0.313. The third kappa shape index (κ3) is 4.35. The van der Waals surface area contributed by atoms with Gasteiger partial charge in [-0.3, -0.25) is 0 Å². The number of rotatable bonds is 6. The minimum Gasteiger partial charge on any atom is -0.427 e. The second-order valence-electron chi connectivity index (χ2n) is 6.99. The van der Waals surface area contributed by atoms with E-state index < -0.39 is 20.0 Å². The fraction of sp³-hybridized carbons (Fsp3) is 0.800. The van der Waals surface area contributed by atoms with Crippen molar-refractivity contribution in [2.45, 2.75) is 64.5 Å². The number of carbonyl (C=O) groups excluding carboxylic acids is 1. The molecule has 1 atom stereocenters. The molecule has 0 bridgehead atoms. The average molecular weight is 300 g/mol. The molecule has 0 N–H and O–H groups in total. The number of hydrogen-bond donors (Lipinski definition) is 0. The second kappa shape index (κ2) is 6.31. The standard InChI is InChI=1S/C15H28O4Si/c1-7-9-15(12-17-13(16)19-15)18-10-8-11-20(5,6)14(2,3)4/h8,11H,7,9-10,12H2,1-6H3. The van der Waals surface area contributed by atoms with Gasteiger partial charge >= 0.3 is 6.16 Å². The van der Waals surface area contributed by atoms with Gasteiger partial charge < -0.3 is 14.2 Å². The van der Waals surface area contributed by atoms with Crippen LogP contribution in [0.15, 0.2) is 11.8 Å². The van der Waals surface area contributed by atoms with Crippen molar-refractivity contribution >= 4 is 14.2 Å². The first kappa shape index (κ1) is 17.2. The summed E-state index contributed by atoms with van der Waals surface area (Å²) < 4.78 is 15.8. The Morgan fingerprint density at radius 2 is 2.05 bits per heavy atom. The molecule has 5 heteroatoms. The molecule has 1 aliphatic rings. The smallest absolute Gasteiger partial charge is 0.427 e. The summed E-state index contributed by atoms with van der Waals surface area (Å²) in [5.41, 5.74) is 2.30. The zero-order valence-corrected chi connectivity index (χ0v) is 14.6. The van der Waals surface area contributed by atoms with Crippen LogP contribution in [0.25, 0.3) is 0 Å². The number of ether oxygens (including phenoxy) is 3. The molecule has 0 amide bonds. The summed E-state index contributed by atoms with van der Waals surface area (Å²) in [6.07, 6.45) is 2.96. The van der Waals surface area contributed by atoms with Crippen LogP contribution in [-0.2, 0) is 14.2 Å². The van der Waals surface area contributed by atoms with Crippen LogP contribution in [0.2, 0.25) is 18.1 Å². The Morgan fingerprint density at radius 3 is 2.50 bits per heavy atom. The predicted molar refractivity (Wildman–Crippen MR) is 82.4 cm³/mol. The lowest BCUT2D eigenvalue weighted by Gasteiger charge is -2.34. The minimum absolute atomic E-state index is 0.188. The Labute approximate surface area is 123 Å². The van der Waals surface area contributed by atoms with Crippen molar-refractivity contribution in [3.8, 4) is 0 Å². The molecule has 0 radical (unpaired) electrons. The predicted octanol–water partition coefficient (Wildman–Crippen LogP) is 4.27. The van der Waals surface area contributed by atoms with E-state index in [0.717, 1.165) is 6.42 Å². The highest BCUT2D eigenvalue weighted by molar-refractivity contribution is 6.84. The van der Waals surface area contributed by atoms with Crippen molar-refractivity contribution < 1.29 is 19.0 Å². The summed E-state index contributed by atoms with van der Waals surface area (Å²) in [6, 6.07) is 0. The molecule has 1 rings (SSSR count). The first-order valence-electron chi connectivity index (χ1n) is 7.29. The van der Waals surface area contributed by atoms with Crippen molar-refractivity contribution in [1.82, 2.24) is 0 Å². The van der Waals surface area contributed by atoms with Gasteiger partial charge in [0.2, 0.25) is 0 Å². The molecular formula is C15H28O4Si. The number of hydrogen-bond acceptors (Lipinski definition) is 4. The normalized spacial score (nSPS) is 24.0. The molecular weight excluding hydrogens is 272 g/mol. The fourth-order valence-electron chi connectivity index (χ4n) is 1.82. The Hall–Kier alpha value is -0.813. The van der Waals surface area contributed by atoms with Crippen LogP contribution in [-0.4, -0.2) is 33.2 Å². The SMILES string of the molecule is CCCC1(OCC=C[Si](C)(C)C(C)(C)C)COC(=O)O1. The third-order valence-corrected chi connectivity index (χ3v) is 9.16. The Kier molecular flexibility index (Phi) is 5.44. The Morgan fingerprint density at radius 1 is 1.40 bits per heavy atom. The number of cyclic esters (lactones) is 2. The van der Waals surface area contributed by atoms with Crippen molar-refractivity contribution in [3.05, 3.63) is 11.8 Å². The van der Waals surface area contributed by atoms with Crippen LogP contribution in [0.4, 0.5) is 4.79 Å². The van der Waals surface area contributed by atoms with E-state index >= 15 is 0 Å². The van der Waals surface area contributed by atoms with Crippen LogP contribution in [0.3, 0.4) is 0 Å². The molecule has 0 aromatic rings. The van der Waals surface area contributed by atoms with Gasteiger partial charge in [0.25, 0.3) is 5.79 Å². The second-order valence-corrected chi connectivity index (χ2v) is 12.3. The van der Waals surface area contributed by atoms with Gasteiger partial charge in [0, 0.05) is 6.42 Å². The quantitative estimate of drug-likeness (QED) is 0.543. The molecule has 0 aliphatic carbocycles. The van der Waals surface area contributed by atoms with Crippen LogP contribution >= 0.6 is 0 Å². The molecule has 1 saturated heterocycles. The van der Waals surface area contributed by atoms with Crippen LogP contribution in [0.5, 0.6) is 0 Å². The maximum Gasteiger partial charge on any atom is 0.511 e. The molecule has 1 fully saturated rings. The molecule has 0 aromatic carbocycles. The van der Waals surface area contributed by atoms with Crippen molar-refractivity contribution in [3.63, 3.8) is 0 Å². The van der Waals surface area contributed by atoms with Crippen LogP contribution in [0, 0.1) is 0 Å². The highest BCUT2D eigenvalue weighted by atomic mass is 28.3. The van der Waals surface area contributed by atoms with Gasteiger partial charge in [-0.25, -0.2) is 4.79 Å². The molecule has 0 saturated carbocycles. The third-order valence-electron chi connectivity index (χ3n) is 4.22. The van der Waals surface area contributed by atoms with Gasteiger partial charge in [0.05, 0.1) is 14.7 Å². The fourth-order valence-corrected chi connectivity index (χ4v) is 3.01. The number of carbonyl (C=O) groups is 1. The molecule has 0 spiro atoms. The topological polar surface area (TPSA) is 44.8 Å². The minimum atomic E-state index is -1.44. The summed E-state index contributed by atoms with van der Waals surface area (Å²) in [6.45, 7) is 14.2. The van der Waals surface area contributed by atoms with E-state index in [1.54, 1.807) is 0 Å². The van der Waals surface area contributed by atoms with E-state index in [0.29, 0.717) is 18.1 Å². The maximum absolute atomic E-state index is 11.1. The lowest BCUT2D eigenvalue weighted by atomic mass is 10.1. The zero-order chi connectivity index (χ0) is 15.4. The van der Waals surface area contributed by atoms with E-state index in [-0.39, 0.29) is 6.61 Å². The van der Waals surface area contributed by atoms with Crippen LogP contribution in [0.1, 0.15) is 40.5 Å². The maximum atomic E-state index is 11.1. The monoisotopic (exact) mass is 300 g/mol. The highest BCUT2D eigenvalue weighted by Gasteiger charge is 2.42. The van der Waals surface area contributed by atoms with Crippen molar-refractivity contribution in [2.75, 3.05) is 13.2 Å². The lowest BCUT2D eigenvalue weighted by Crippen LogP contribution is -2.36. The van der Waals surface area contributed by atoms with Crippen molar-refractivity contribution in [2.24, 2.45) is 0 Å². The van der Waals surface area contributed by atoms with E-state index in [9.17, 15) is 4.79 Å². The van der Waals surface area contributed by atoms with Gasteiger partial charge in [-0.1, -0.05) is 52.6 Å². The largest absolute Gasteiger partial charge is 0.511 e. The average Bonchev–Trinajstić information content (AvgIpc) is 2.66. The summed E-state index contributed by atoms with van der Waals surface area (Å²) in [5.74, 6) is -0.885. The molecule has 20 heavy (non-hydrogen) atoms. The zero-order valence-electron chi connectivity index (χ0n) is 13.6. The van der Waals surface area contributed by atoms with Crippen molar-refractivity contribution in [1.29, 1.82) is 0 Å². The Bertz CT molecular complexity index is 371. The van der Waals surface area contributed by atoms with Gasteiger partial charge in [0.15, 0.2) is 6.61 Å². The highest BCUT2D eigenvalue weighted by Crippen LogP contribution is 2.36. The van der Waals surface area contributed by atoms with Gasteiger partial charge in [-0.2, -0.15) is 0 Å². The molecule has 0 aromatic heterocycles. The summed E-state index contributed by atoms with van der Waals surface area (Å²) in [7, 11) is -1.44. The summed E-state index contributed by atoms with van der Waals surface area (Å²) >= 11 is 0. The first-order valence-corrected chi connectivity index (χ1v) is 10.4. The van der Waals surface area contributed by atoms with E-state index in [2.05, 4.69) is 45.6 Å². The van der Waals surface area contributed by atoms with E-state index in [4.69, 9.17) is 14.2 Å². The molecule has 1 aliphatic heterocycles. The molecule has 1 unspecified atom stereocenters. The summed E-state index contributed by atoms with van der Waals surface area (Å²) in [4.78, 5) is 11.1. The van der Waals surface area contributed by atoms with E-state index in [1.165, 1.54) is 0 Å². The lowest BCUT2D eigenvalue weighted by molar-refractivity contribution is -0.176. The molecule has 1 heterocycles. The van der Waals surface area contributed by atoms with Crippen LogP contribution < -0.4 is 0 Å². The first-order chi connectivity index (χ1) is 9.12. The molecule has 116 valence electrons. The van der Waals surface area contributed by atoms with Gasteiger partial charge in [-0.05, 0) is 11.5 Å². The Balaban J connectivity index is 2.56. The van der Waals surface area contributed by atoms with Gasteiger partial charge in [-0.15, -0.1) is 0 Å². The van der Waals surface area contributed by atoms with Gasteiger partial charge in [0.1, 0.15) is 0 Å². The molecule has 4 nitrogen and oxygen atoms in total.